The Hall–Kier alpha value is -3.42. The molecule has 2 radical (unpaired) electrons. The zero-order chi connectivity index (χ0) is 29.8. The molecule has 0 N–H and O–H groups in total. The van der Waals surface area contributed by atoms with E-state index in [2.05, 4.69) is 125 Å². The molecule has 0 bridgehead atoms. The molecule has 2 unspecified atom stereocenters. The molecular weight excluding hydrogens is 533 g/mol. The molecule has 43 heavy (non-hydrogen) atoms. The fourth-order valence-electron chi connectivity index (χ4n) is 7.34. The maximum absolute atomic E-state index is 2.56. The van der Waals surface area contributed by atoms with Gasteiger partial charge in [-0.15, -0.1) is 0 Å². The second-order valence-corrected chi connectivity index (χ2v) is 13.7. The van der Waals surface area contributed by atoms with Crippen LogP contribution in [0.5, 0.6) is 0 Å². The van der Waals surface area contributed by atoms with Crippen molar-refractivity contribution in [3.05, 3.63) is 129 Å². The van der Waals surface area contributed by atoms with Gasteiger partial charge in [-0.2, -0.15) is 0 Å². The summed E-state index contributed by atoms with van der Waals surface area (Å²) in [5.41, 5.74) is 17.7. The maximum Gasteiger partial charge on any atom is 0.0397 e. The van der Waals surface area contributed by atoms with Gasteiger partial charge in [0.1, 0.15) is 0 Å². The Balaban J connectivity index is 1.24. The molecule has 4 aromatic carbocycles. The first kappa shape index (κ1) is 29.6. The van der Waals surface area contributed by atoms with Gasteiger partial charge in [-0.25, -0.2) is 0 Å². The van der Waals surface area contributed by atoms with Gasteiger partial charge in [0.2, 0.25) is 0 Å². The molecule has 0 aliphatic heterocycles. The molecule has 0 saturated carbocycles. The minimum atomic E-state index is 0.561. The van der Waals surface area contributed by atoms with E-state index in [1.807, 2.05) is 0 Å². The number of fused-ring (bicyclic) bond motifs is 2. The zero-order valence-electron chi connectivity index (χ0n) is 26.5. The van der Waals surface area contributed by atoms with Gasteiger partial charge < -0.3 is 0 Å². The number of benzene rings is 4. The summed E-state index contributed by atoms with van der Waals surface area (Å²) < 4.78 is 0. The van der Waals surface area contributed by atoms with Gasteiger partial charge in [-0.1, -0.05) is 161 Å². The lowest BCUT2D eigenvalue weighted by atomic mass is 9.92. The summed E-state index contributed by atoms with van der Waals surface area (Å²) in [6.07, 6.45) is 12.1. The molecule has 0 fully saturated rings. The van der Waals surface area contributed by atoms with Crippen molar-refractivity contribution in [1.82, 2.24) is 0 Å². The molecule has 0 saturated heterocycles. The Labute approximate surface area is 262 Å². The number of rotatable bonds is 12. The van der Waals surface area contributed by atoms with Gasteiger partial charge >= 0.3 is 0 Å². The largest absolute Gasteiger partial charge is 0.0651 e. The molecule has 2 atom stereocenters. The van der Waals surface area contributed by atoms with E-state index in [9.17, 15) is 0 Å². The quantitative estimate of drug-likeness (QED) is 0.147. The Morgan fingerprint density at radius 1 is 0.512 bits per heavy atom. The summed E-state index contributed by atoms with van der Waals surface area (Å²) in [7, 11) is 0.946. The summed E-state index contributed by atoms with van der Waals surface area (Å²) in [5.74, 6) is 1.12. The van der Waals surface area contributed by atoms with E-state index >= 15 is 0 Å². The van der Waals surface area contributed by atoms with E-state index in [4.69, 9.17) is 0 Å². The molecule has 4 aromatic rings. The lowest BCUT2D eigenvalue weighted by Crippen LogP contribution is -2.08. The monoisotopic (exact) mass is 578 g/mol. The minimum absolute atomic E-state index is 0.561. The van der Waals surface area contributed by atoms with Crippen molar-refractivity contribution >= 4 is 21.7 Å². The third-order valence-electron chi connectivity index (χ3n) is 9.71. The average Bonchev–Trinajstić information content (AvgIpc) is 3.59. The van der Waals surface area contributed by atoms with Gasteiger partial charge in [0.25, 0.3) is 0 Å². The van der Waals surface area contributed by atoms with Crippen LogP contribution in [-0.4, -0.2) is 9.52 Å². The van der Waals surface area contributed by atoms with E-state index in [1.165, 1.54) is 82.3 Å². The van der Waals surface area contributed by atoms with Gasteiger partial charge in [0, 0.05) is 21.4 Å². The topological polar surface area (TPSA) is 0 Å². The second kappa shape index (κ2) is 13.5. The van der Waals surface area contributed by atoms with Crippen LogP contribution in [0.25, 0.3) is 34.4 Å². The lowest BCUT2D eigenvalue weighted by Gasteiger charge is -2.21. The number of hydrogen-bond acceptors (Lipinski definition) is 0. The van der Waals surface area contributed by atoms with Crippen LogP contribution in [0.4, 0.5) is 0 Å². The molecule has 2 aliphatic rings. The van der Waals surface area contributed by atoms with Gasteiger partial charge in [-0.3, -0.25) is 0 Å². The summed E-state index contributed by atoms with van der Waals surface area (Å²) in [5, 5.41) is 0. The van der Waals surface area contributed by atoms with Crippen LogP contribution >= 0.6 is 0 Å². The van der Waals surface area contributed by atoms with Crippen molar-refractivity contribution in [2.45, 2.75) is 90.1 Å². The first-order chi connectivity index (χ1) is 21.1. The van der Waals surface area contributed by atoms with Crippen molar-refractivity contribution in [2.24, 2.45) is 0 Å². The minimum Gasteiger partial charge on any atom is -0.0651 e. The first-order valence-corrected chi connectivity index (χ1v) is 18.1. The van der Waals surface area contributed by atoms with Crippen LogP contribution < -0.4 is 0 Å². The molecule has 0 nitrogen and oxygen atoms in total. The molecule has 0 amide bonds. The average molecular weight is 579 g/mol. The van der Waals surface area contributed by atoms with Crippen LogP contribution in [-0.2, 0) is 12.8 Å². The Kier molecular flexibility index (Phi) is 9.29. The highest BCUT2D eigenvalue weighted by Crippen LogP contribution is 2.47. The van der Waals surface area contributed by atoms with Crippen LogP contribution in [0, 0.1) is 0 Å². The van der Waals surface area contributed by atoms with Crippen molar-refractivity contribution < 1.29 is 0 Å². The van der Waals surface area contributed by atoms with Crippen molar-refractivity contribution in [2.75, 3.05) is 0 Å². The summed E-state index contributed by atoms with van der Waals surface area (Å²) in [4.78, 5) is 0. The van der Waals surface area contributed by atoms with E-state index in [0.29, 0.717) is 11.8 Å². The standard InChI is InChI=1S/C42H46Si/c1-5-11-33-25-39-35(31-21-17-29(7-3)18-22-31)13-9-15-37(39)41(33)27-43-28-42-34(12-6-2)26-40-36(14-10-16-38(40)42)32-23-19-30(8-4)20-24-32/h9-10,13-26,41-42H,5-8,11-12,27-28H2,1-4H3. The summed E-state index contributed by atoms with van der Waals surface area (Å²) in [6.45, 7) is 9.13. The Morgan fingerprint density at radius 2 is 0.930 bits per heavy atom. The van der Waals surface area contributed by atoms with Gasteiger partial charge in [-0.05, 0) is 81.3 Å². The highest BCUT2D eigenvalue weighted by Gasteiger charge is 2.30. The van der Waals surface area contributed by atoms with Crippen LogP contribution in [0.3, 0.4) is 0 Å². The molecule has 218 valence electrons. The number of allylic oxidation sites excluding steroid dienone is 2. The molecular formula is C42H46Si. The van der Waals surface area contributed by atoms with E-state index in [-0.39, 0.29) is 0 Å². The van der Waals surface area contributed by atoms with E-state index in [0.717, 1.165) is 22.4 Å². The van der Waals surface area contributed by atoms with Crippen LogP contribution in [0.2, 0.25) is 12.1 Å². The van der Waals surface area contributed by atoms with Crippen molar-refractivity contribution in [3.8, 4) is 22.3 Å². The number of aryl methyl sites for hydroxylation is 2. The lowest BCUT2D eigenvalue weighted by molar-refractivity contribution is 0.781. The fourth-order valence-corrected chi connectivity index (χ4v) is 9.04. The molecule has 0 aromatic heterocycles. The second-order valence-electron chi connectivity index (χ2n) is 12.4. The summed E-state index contributed by atoms with van der Waals surface area (Å²) >= 11 is 0. The Morgan fingerprint density at radius 3 is 1.30 bits per heavy atom. The molecule has 2 aliphatic carbocycles. The maximum atomic E-state index is 2.56. The number of hydrogen-bond donors (Lipinski definition) is 0. The molecule has 1 heteroatoms. The third kappa shape index (κ3) is 6.02. The van der Waals surface area contributed by atoms with Crippen LogP contribution in [0.1, 0.15) is 98.6 Å². The first-order valence-electron chi connectivity index (χ1n) is 16.7. The smallest absolute Gasteiger partial charge is 0.0397 e. The third-order valence-corrected chi connectivity index (χ3v) is 11.1. The molecule has 0 heterocycles. The van der Waals surface area contributed by atoms with Gasteiger partial charge in [0.05, 0.1) is 0 Å². The fraction of sp³-hybridized carbons (Fsp3) is 0.333. The summed E-state index contributed by atoms with van der Waals surface area (Å²) in [6, 6.07) is 35.1. The molecule has 0 spiro atoms. The zero-order valence-corrected chi connectivity index (χ0v) is 27.5. The SMILES string of the molecule is CCCC1=Cc2c(-c3ccc(CC)cc3)cccc2C1C[Si]CC1C(CCC)=Cc2c(-c3ccc(CC)cc3)cccc21. The highest BCUT2D eigenvalue weighted by molar-refractivity contribution is 6.36. The Bertz CT molecular complexity index is 1490. The van der Waals surface area contributed by atoms with E-state index in [1.54, 1.807) is 22.3 Å². The predicted molar refractivity (Wildman–Crippen MR) is 189 cm³/mol. The van der Waals surface area contributed by atoms with Gasteiger partial charge in [0.15, 0.2) is 0 Å². The van der Waals surface area contributed by atoms with E-state index < -0.39 is 0 Å². The van der Waals surface area contributed by atoms with Crippen LogP contribution in [0.15, 0.2) is 96.1 Å². The normalized spacial score (nSPS) is 17.0. The predicted octanol–water partition coefficient (Wildman–Crippen LogP) is 11.9. The molecule has 6 rings (SSSR count). The van der Waals surface area contributed by atoms with Crippen molar-refractivity contribution in [3.63, 3.8) is 0 Å². The highest BCUT2D eigenvalue weighted by atomic mass is 28.2. The van der Waals surface area contributed by atoms with Crippen molar-refractivity contribution in [1.29, 1.82) is 0 Å².